The monoisotopic (exact) mass is 148 g/mol. The number of aromatic nitrogens is 1. The summed E-state index contributed by atoms with van der Waals surface area (Å²) in [6.45, 7) is 5.72. The molecule has 0 unspecified atom stereocenters. The molecule has 1 aromatic rings. The summed E-state index contributed by atoms with van der Waals surface area (Å²) in [5.41, 5.74) is 2.14. The van der Waals surface area contributed by atoms with Gasteiger partial charge in [-0.3, -0.25) is 4.99 Å². The van der Waals surface area contributed by atoms with Gasteiger partial charge in [-0.15, -0.1) is 0 Å². The van der Waals surface area contributed by atoms with Gasteiger partial charge < -0.3 is 4.57 Å². The Bertz CT molecular complexity index is 321. The summed E-state index contributed by atoms with van der Waals surface area (Å²) >= 11 is 0. The Kier molecular flexibility index (Phi) is 2.26. The SMILES string of the molecule is C=Cn1ccc(C)c/c1=N/C. The third-order valence-corrected chi connectivity index (χ3v) is 1.55. The first-order chi connectivity index (χ1) is 5.27. The van der Waals surface area contributed by atoms with E-state index in [1.165, 1.54) is 5.56 Å². The first kappa shape index (κ1) is 7.79. The third kappa shape index (κ3) is 1.58. The zero-order chi connectivity index (χ0) is 8.27. The first-order valence-corrected chi connectivity index (χ1v) is 3.52. The topological polar surface area (TPSA) is 17.3 Å². The molecule has 0 saturated heterocycles. The summed E-state index contributed by atoms with van der Waals surface area (Å²) in [5.74, 6) is 0. The van der Waals surface area contributed by atoms with Crippen LogP contribution in [0.25, 0.3) is 6.20 Å². The molecule has 0 amide bonds. The largest absolute Gasteiger partial charge is 0.310 e. The van der Waals surface area contributed by atoms with Gasteiger partial charge in [-0.05, 0) is 24.6 Å². The van der Waals surface area contributed by atoms with Crippen LogP contribution >= 0.6 is 0 Å². The zero-order valence-corrected chi connectivity index (χ0v) is 6.91. The number of aryl methyl sites for hydroxylation is 1. The fraction of sp³-hybridized carbons (Fsp3) is 0.222. The highest BCUT2D eigenvalue weighted by molar-refractivity contribution is 5.20. The van der Waals surface area contributed by atoms with Crippen molar-refractivity contribution in [3.63, 3.8) is 0 Å². The summed E-state index contributed by atoms with van der Waals surface area (Å²) in [5, 5.41) is 0. The van der Waals surface area contributed by atoms with Crippen LogP contribution < -0.4 is 5.49 Å². The van der Waals surface area contributed by atoms with Gasteiger partial charge in [0.1, 0.15) is 5.49 Å². The molecule has 0 aliphatic carbocycles. The van der Waals surface area contributed by atoms with E-state index < -0.39 is 0 Å². The van der Waals surface area contributed by atoms with E-state index in [1.807, 2.05) is 29.8 Å². The van der Waals surface area contributed by atoms with Crippen molar-refractivity contribution in [1.29, 1.82) is 0 Å². The second kappa shape index (κ2) is 3.19. The lowest BCUT2D eigenvalue weighted by molar-refractivity contribution is 0.983. The van der Waals surface area contributed by atoms with Gasteiger partial charge in [-0.1, -0.05) is 6.58 Å². The fourth-order valence-corrected chi connectivity index (χ4v) is 0.935. The molecule has 0 radical (unpaired) electrons. The molecule has 0 N–H and O–H groups in total. The second-order valence-corrected chi connectivity index (χ2v) is 2.38. The van der Waals surface area contributed by atoms with Crippen molar-refractivity contribution in [1.82, 2.24) is 4.57 Å². The van der Waals surface area contributed by atoms with Crippen molar-refractivity contribution in [2.24, 2.45) is 4.99 Å². The summed E-state index contributed by atoms with van der Waals surface area (Å²) in [6.07, 6.45) is 3.69. The van der Waals surface area contributed by atoms with Gasteiger partial charge in [0.15, 0.2) is 0 Å². The zero-order valence-electron chi connectivity index (χ0n) is 6.91. The maximum absolute atomic E-state index is 4.09. The molecule has 2 nitrogen and oxygen atoms in total. The van der Waals surface area contributed by atoms with Crippen LogP contribution in [0.3, 0.4) is 0 Å². The Balaban J connectivity index is 3.40. The van der Waals surface area contributed by atoms with Gasteiger partial charge in [-0.2, -0.15) is 0 Å². The second-order valence-electron chi connectivity index (χ2n) is 2.38. The number of rotatable bonds is 1. The average molecular weight is 148 g/mol. The molecule has 0 aliphatic rings. The van der Waals surface area contributed by atoms with Crippen LogP contribution in [0.15, 0.2) is 29.9 Å². The van der Waals surface area contributed by atoms with Crippen molar-refractivity contribution < 1.29 is 0 Å². The fourth-order valence-electron chi connectivity index (χ4n) is 0.935. The van der Waals surface area contributed by atoms with Gasteiger partial charge in [0, 0.05) is 19.4 Å². The summed E-state index contributed by atoms with van der Waals surface area (Å²) in [7, 11) is 1.77. The van der Waals surface area contributed by atoms with Crippen molar-refractivity contribution >= 4 is 6.20 Å². The van der Waals surface area contributed by atoms with Crippen LogP contribution in [-0.4, -0.2) is 11.6 Å². The summed E-state index contributed by atoms with van der Waals surface area (Å²) < 4.78 is 1.88. The van der Waals surface area contributed by atoms with Gasteiger partial charge in [0.2, 0.25) is 0 Å². The maximum Gasteiger partial charge on any atom is 0.131 e. The average Bonchev–Trinajstić information content (AvgIpc) is 2.04. The third-order valence-electron chi connectivity index (χ3n) is 1.55. The van der Waals surface area contributed by atoms with E-state index in [0.717, 1.165) is 5.49 Å². The Morgan fingerprint density at radius 2 is 2.36 bits per heavy atom. The van der Waals surface area contributed by atoms with Crippen molar-refractivity contribution in [2.45, 2.75) is 6.92 Å². The van der Waals surface area contributed by atoms with Crippen LogP contribution in [-0.2, 0) is 0 Å². The van der Waals surface area contributed by atoms with Crippen molar-refractivity contribution in [2.75, 3.05) is 7.05 Å². The van der Waals surface area contributed by atoms with Crippen LogP contribution in [0.5, 0.6) is 0 Å². The molecule has 0 bridgehead atoms. The van der Waals surface area contributed by atoms with E-state index in [0.29, 0.717) is 0 Å². The predicted octanol–water partition coefficient (Wildman–Crippen LogP) is 1.43. The molecule has 11 heavy (non-hydrogen) atoms. The minimum Gasteiger partial charge on any atom is -0.310 e. The van der Waals surface area contributed by atoms with Crippen molar-refractivity contribution in [3.8, 4) is 0 Å². The van der Waals surface area contributed by atoms with E-state index in [9.17, 15) is 0 Å². The molecule has 2 heteroatoms. The van der Waals surface area contributed by atoms with Crippen LogP contribution in [0, 0.1) is 6.92 Å². The Hall–Kier alpha value is -1.31. The maximum atomic E-state index is 4.09. The number of hydrogen-bond acceptors (Lipinski definition) is 1. The van der Waals surface area contributed by atoms with Gasteiger partial charge in [0.05, 0.1) is 0 Å². The summed E-state index contributed by atoms with van der Waals surface area (Å²) in [4.78, 5) is 4.09. The number of pyridine rings is 1. The van der Waals surface area contributed by atoms with Gasteiger partial charge in [-0.25, -0.2) is 0 Å². The Morgan fingerprint density at radius 3 is 2.91 bits per heavy atom. The standard InChI is InChI=1S/C9H12N2/c1-4-11-6-5-8(2)7-9(11)10-3/h4-7H,1H2,2-3H3/b10-9-. The molecule has 0 aliphatic heterocycles. The lowest BCUT2D eigenvalue weighted by Gasteiger charge is -1.99. The van der Waals surface area contributed by atoms with E-state index in [2.05, 4.69) is 11.6 Å². The Morgan fingerprint density at radius 1 is 1.64 bits per heavy atom. The quantitative estimate of drug-likeness (QED) is 0.573. The molecular weight excluding hydrogens is 136 g/mol. The smallest absolute Gasteiger partial charge is 0.131 e. The van der Waals surface area contributed by atoms with E-state index in [-0.39, 0.29) is 0 Å². The molecule has 1 rings (SSSR count). The predicted molar refractivity (Wildman–Crippen MR) is 47.0 cm³/mol. The summed E-state index contributed by atoms with van der Waals surface area (Å²) in [6, 6.07) is 4.04. The molecule has 0 saturated carbocycles. The minimum atomic E-state index is 0.931. The highest BCUT2D eigenvalue weighted by Crippen LogP contribution is 1.90. The van der Waals surface area contributed by atoms with Crippen LogP contribution in [0.4, 0.5) is 0 Å². The normalized spacial score (nSPS) is 11.6. The highest BCUT2D eigenvalue weighted by Gasteiger charge is 1.86. The molecule has 0 aromatic carbocycles. The van der Waals surface area contributed by atoms with E-state index in [4.69, 9.17) is 0 Å². The molecule has 58 valence electrons. The molecule has 0 fully saturated rings. The minimum absolute atomic E-state index is 0.931. The first-order valence-electron chi connectivity index (χ1n) is 3.52. The lowest BCUT2D eigenvalue weighted by Crippen LogP contribution is -2.15. The molecule has 1 aromatic heterocycles. The Labute approximate surface area is 66.5 Å². The van der Waals surface area contributed by atoms with Gasteiger partial charge in [0.25, 0.3) is 0 Å². The van der Waals surface area contributed by atoms with E-state index >= 15 is 0 Å². The molecule has 0 spiro atoms. The highest BCUT2D eigenvalue weighted by atomic mass is 15.0. The van der Waals surface area contributed by atoms with Crippen LogP contribution in [0.2, 0.25) is 0 Å². The lowest BCUT2D eigenvalue weighted by atomic mass is 10.3. The number of hydrogen-bond donors (Lipinski definition) is 0. The molecule has 0 atom stereocenters. The van der Waals surface area contributed by atoms with Crippen molar-refractivity contribution in [3.05, 3.63) is 36.0 Å². The van der Waals surface area contributed by atoms with Gasteiger partial charge >= 0.3 is 0 Å². The van der Waals surface area contributed by atoms with E-state index in [1.54, 1.807) is 13.2 Å². The molecule has 1 heterocycles. The number of nitrogens with zero attached hydrogens (tertiary/aromatic N) is 2. The van der Waals surface area contributed by atoms with Crippen LogP contribution in [0.1, 0.15) is 5.56 Å². The molecular formula is C9H12N2.